The lowest BCUT2D eigenvalue weighted by Gasteiger charge is -2.17. The molecule has 1 atom stereocenters. The maximum absolute atomic E-state index is 12.7. The van der Waals surface area contributed by atoms with E-state index < -0.39 is 0 Å². The van der Waals surface area contributed by atoms with E-state index in [9.17, 15) is 4.79 Å². The molecule has 1 amide bonds. The van der Waals surface area contributed by atoms with E-state index in [0.717, 1.165) is 15.9 Å². The van der Waals surface area contributed by atoms with Crippen molar-refractivity contribution in [2.45, 2.75) is 31.6 Å². The molecule has 0 radical (unpaired) electrons. The third-order valence-corrected chi connectivity index (χ3v) is 5.21. The van der Waals surface area contributed by atoms with Crippen LogP contribution in [0, 0.1) is 0 Å². The molecule has 0 bridgehead atoms. The Balaban J connectivity index is 1.83. The van der Waals surface area contributed by atoms with E-state index in [1.165, 1.54) is 0 Å². The van der Waals surface area contributed by atoms with Gasteiger partial charge < -0.3 is 0 Å². The van der Waals surface area contributed by atoms with Gasteiger partial charge in [-0.3, -0.25) is 9.69 Å². The Morgan fingerprint density at radius 2 is 2.09 bits per heavy atom. The Labute approximate surface area is 143 Å². The van der Waals surface area contributed by atoms with Crippen molar-refractivity contribution in [1.29, 1.82) is 0 Å². The maximum atomic E-state index is 12.7. The van der Waals surface area contributed by atoms with Crippen LogP contribution in [-0.4, -0.2) is 21.6 Å². The van der Waals surface area contributed by atoms with E-state index in [-0.39, 0.29) is 16.7 Å². The van der Waals surface area contributed by atoms with Crippen LogP contribution in [-0.2, 0) is 10.2 Å². The lowest BCUT2D eigenvalue weighted by atomic mass is 9.93. The quantitative estimate of drug-likeness (QED) is 0.785. The monoisotopic (exact) mass is 379 g/mol. The van der Waals surface area contributed by atoms with Crippen molar-refractivity contribution in [3.8, 4) is 0 Å². The molecule has 1 aliphatic heterocycles. The maximum Gasteiger partial charge on any atom is 0.263 e. The zero-order valence-corrected chi connectivity index (χ0v) is 15.2. The van der Waals surface area contributed by atoms with Gasteiger partial charge >= 0.3 is 0 Å². The van der Waals surface area contributed by atoms with Gasteiger partial charge in [-0.2, -0.15) is 5.10 Å². The molecule has 2 aromatic rings. The first-order chi connectivity index (χ1) is 10.4. The first-order valence-corrected chi connectivity index (χ1v) is 8.94. The third-order valence-electron chi connectivity index (χ3n) is 3.58. The predicted molar refractivity (Wildman–Crippen MR) is 94.1 cm³/mol. The third kappa shape index (κ3) is 2.94. The van der Waals surface area contributed by atoms with E-state index in [0.29, 0.717) is 5.88 Å². The van der Waals surface area contributed by atoms with Gasteiger partial charge in [0.1, 0.15) is 0 Å². The highest BCUT2D eigenvalue weighted by atomic mass is 79.9. The minimum absolute atomic E-state index is 0.0124. The number of halogens is 1. The molecule has 4 nitrogen and oxygen atoms in total. The fraction of sp³-hybridized carbons (Fsp3) is 0.375. The smallest absolute Gasteiger partial charge is 0.263 e. The Morgan fingerprint density at radius 1 is 1.32 bits per heavy atom. The Bertz CT molecular complexity index is 707. The van der Waals surface area contributed by atoms with Gasteiger partial charge in [-0.15, -0.1) is 11.8 Å². The van der Waals surface area contributed by atoms with Gasteiger partial charge in [0.05, 0.1) is 11.6 Å². The summed E-state index contributed by atoms with van der Waals surface area (Å²) >= 11 is 5.05. The molecule has 3 rings (SSSR count). The summed E-state index contributed by atoms with van der Waals surface area (Å²) in [5.74, 6) is 0.719. The van der Waals surface area contributed by atoms with Gasteiger partial charge in [0.25, 0.3) is 5.91 Å². The molecular weight excluding hydrogens is 362 g/mol. The SMILES string of the molecule is CC(C)(C)c1ccn(C2SCN(c3cccc(Br)c3)C2=O)n1. The number of amides is 1. The Kier molecular flexibility index (Phi) is 4.07. The molecule has 1 aliphatic rings. The molecule has 22 heavy (non-hydrogen) atoms. The number of carbonyl (C=O) groups is 1. The summed E-state index contributed by atoms with van der Waals surface area (Å²) in [6.45, 7) is 6.37. The number of hydrogen-bond donors (Lipinski definition) is 0. The van der Waals surface area contributed by atoms with E-state index in [4.69, 9.17) is 0 Å². The molecule has 6 heteroatoms. The minimum atomic E-state index is -0.282. The number of anilines is 1. The van der Waals surface area contributed by atoms with Crippen LogP contribution < -0.4 is 4.90 Å². The number of aromatic nitrogens is 2. The molecule has 1 fully saturated rings. The lowest BCUT2D eigenvalue weighted by molar-refractivity contribution is -0.118. The topological polar surface area (TPSA) is 38.1 Å². The van der Waals surface area contributed by atoms with Gasteiger partial charge in [0.15, 0.2) is 5.37 Å². The van der Waals surface area contributed by atoms with E-state index in [2.05, 4.69) is 41.8 Å². The van der Waals surface area contributed by atoms with Gasteiger partial charge in [-0.1, -0.05) is 42.8 Å². The molecule has 1 aromatic carbocycles. The van der Waals surface area contributed by atoms with Crippen molar-refractivity contribution in [3.63, 3.8) is 0 Å². The summed E-state index contributed by atoms with van der Waals surface area (Å²) in [6.07, 6.45) is 1.90. The second-order valence-electron chi connectivity index (χ2n) is 6.33. The van der Waals surface area contributed by atoms with Crippen LogP contribution in [0.15, 0.2) is 41.0 Å². The van der Waals surface area contributed by atoms with Crippen LogP contribution in [0.2, 0.25) is 0 Å². The highest BCUT2D eigenvalue weighted by Gasteiger charge is 2.35. The normalized spacial score (nSPS) is 19.0. The molecule has 116 valence electrons. The first-order valence-electron chi connectivity index (χ1n) is 7.10. The Hall–Kier alpha value is -1.27. The minimum Gasteiger partial charge on any atom is -0.300 e. The molecule has 0 spiro atoms. The molecular formula is C16H18BrN3OS. The van der Waals surface area contributed by atoms with Gasteiger partial charge in [0, 0.05) is 21.8 Å². The zero-order chi connectivity index (χ0) is 15.9. The highest BCUT2D eigenvalue weighted by Crippen LogP contribution is 2.37. The van der Waals surface area contributed by atoms with E-state index in [1.54, 1.807) is 21.3 Å². The van der Waals surface area contributed by atoms with Crippen molar-refractivity contribution >= 4 is 39.3 Å². The molecule has 1 unspecified atom stereocenters. The lowest BCUT2D eigenvalue weighted by Crippen LogP contribution is -2.28. The first kappa shape index (κ1) is 15.6. The summed E-state index contributed by atoms with van der Waals surface area (Å²) in [6, 6.07) is 9.81. The molecule has 0 saturated carbocycles. The number of rotatable bonds is 2. The van der Waals surface area contributed by atoms with Crippen molar-refractivity contribution < 1.29 is 4.79 Å². The van der Waals surface area contributed by atoms with E-state index >= 15 is 0 Å². The predicted octanol–water partition coefficient (Wildman–Crippen LogP) is 4.18. The van der Waals surface area contributed by atoms with Crippen LogP contribution in [0.3, 0.4) is 0 Å². The van der Waals surface area contributed by atoms with Crippen LogP contribution in [0.4, 0.5) is 5.69 Å². The summed E-state index contributed by atoms with van der Waals surface area (Å²) < 4.78 is 2.76. The average Bonchev–Trinajstić information content (AvgIpc) is 3.04. The van der Waals surface area contributed by atoms with Crippen molar-refractivity contribution in [2.24, 2.45) is 0 Å². The van der Waals surface area contributed by atoms with Gasteiger partial charge in [-0.25, -0.2) is 4.68 Å². The second-order valence-corrected chi connectivity index (χ2v) is 8.28. The van der Waals surface area contributed by atoms with Gasteiger partial charge in [0.2, 0.25) is 0 Å². The summed E-state index contributed by atoms with van der Waals surface area (Å²) in [7, 11) is 0. The van der Waals surface area contributed by atoms with Crippen molar-refractivity contribution in [3.05, 3.63) is 46.7 Å². The van der Waals surface area contributed by atoms with Crippen LogP contribution in [0.5, 0.6) is 0 Å². The van der Waals surface area contributed by atoms with Crippen molar-refractivity contribution in [1.82, 2.24) is 9.78 Å². The fourth-order valence-electron chi connectivity index (χ4n) is 2.32. The number of benzene rings is 1. The molecule has 0 aliphatic carbocycles. The molecule has 0 N–H and O–H groups in total. The number of hydrogen-bond acceptors (Lipinski definition) is 3. The van der Waals surface area contributed by atoms with Crippen LogP contribution in [0.25, 0.3) is 0 Å². The number of carbonyl (C=O) groups excluding carboxylic acids is 1. The van der Waals surface area contributed by atoms with Gasteiger partial charge in [-0.05, 0) is 24.3 Å². The summed E-state index contributed by atoms with van der Waals surface area (Å²) in [5.41, 5.74) is 1.90. The summed E-state index contributed by atoms with van der Waals surface area (Å²) in [4.78, 5) is 14.5. The zero-order valence-electron chi connectivity index (χ0n) is 12.8. The molecule has 1 aromatic heterocycles. The Morgan fingerprint density at radius 3 is 2.73 bits per heavy atom. The van der Waals surface area contributed by atoms with Crippen LogP contribution in [0.1, 0.15) is 31.8 Å². The molecule has 2 heterocycles. The van der Waals surface area contributed by atoms with Crippen LogP contribution >= 0.6 is 27.7 Å². The largest absolute Gasteiger partial charge is 0.300 e. The average molecular weight is 380 g/mol. The van der Waals surface area contributed by atoms with E-state index in [1.807, 2.05) is 36.5 Å². The second kappa shape index (κ2) is 5.74. The van der Waals surface area contributed by atoms with Crippen molar-refractivity contribution in [2.75, 3.05) is 10.8 Å². The summed E-state index contributed by atoms with van der Waals surface area (Å²) in [5, 5.41) is 4.32. The number of nitrogens with zero attached hydrogens (tertiary/aromatic N) is 3. The number of thioether (sulfide) groups is 1. The standard InChI is InChI=1S/C16H18BrN3OS/c1-16(2,3)13-7-8-20(18-13)15-14(21)19(10-22-15)12-6-4-5-11(17)9-12/h4-9,15H,10H2,1-3H3. The molecule has 1 saturated heterocycles. The highest BCUT2D eigenvalue weighted by molar-refractivity contribution is 9.10. The fourth-order valence-corrected chi connectivity index (χ4v) is 3.81.